The number of esters is 2. The lowest BCUT2D eigenvalue weighted by atomic mass is 9.34. The van der Waals surface area contributed by atoms with Gasteiger partial charge in [-0.1, -0.05) is 135 Å². The van der Waals surface area contributed by atoms with Crippen LogP contribution >= 0.6 is 0 Å². The number of fused-ring (bicyclic) bond motifs is 8. The van der Waals surface area contributed by atoms with Crippen molar-refractivity contribution in [3.8, 4) is 0 Å². The first-order valence-corrected chi connectivity index (χ1v) is 37.0. The molecule has 26 atom stereocenters. The summed E-state index contributed by atoms with van der Waals surface area (Å²) >= 11 is 0. The van der Waals surface area contributed by atoms with Crippen LogP contribution in [0.4, 0.5) is 9.59 Å². The molecule has 99 heavy (non-hydrogen) atoms. The summed E-state index contributed by atoms with van der Waals surface area (Å²) in [6.07, 6.45) is -2.12. The Morgan fingerprint density at radius 3 is 1.27 bits per heavy atom. The molecular formula is C79H128N2O18. The van der Waals surface area contributed by atoms with Gasteiger partial charge in [0.25, 0.3) is 0 Å². The maximum Gasteiger partial charge on any atom is 0.407 e. The monoisotopic (exact) mass is 1390 g/mol. The minimum atomic E-state index is -1.64. The number of rotatable bonds is 15. The van der Waals surface area contributed by atoms with Crippen LogP contribution in [-0.2, 0) is 57.0 Å². The molecule has 6 N–H and O–H groups in total. The highest BCUT2D eigenvalue weighted by Crippen LogP contribution is 2.75. The molecule has 10 rings (SSSR count). The average molecular weight is 1390 g/mol. The molecule has 562 valence electrons. The Labute approximate surface area is 591 Å². The number of aliphatic hydroxyl groups excluding tert-OH is 2. The second-order valence-electron chi connectivity index (χ2n) is 37.3. The van der Waals surface area contributed by atoms with E-state index in [0.29, 0.717) is 32.5 Å². The fourth-order valence-corrected chi connectivity index (χ4v) is 23.2. The summed E-state index contributed by atoms with van der Waals surface area (Å²) in [6, 6.07) is -1.85. The number of carbonyl (C=O) groups excluding carboxylic acids is 4. The van der Waals surface area contributed by atoms with E-state index < -0.39 is 123 Å². The zero-order valence-corrected chi connectivity index (χ0v) is 64.9. The van der Waals surface area contributed by atoms with Gasteiger partial charge in [-0.15, -0.1) is 0 Å². The lowest BCUT2D eigenvalue weighted by Gasteiger charge is -2.74. The van der Waals surface area contributed by atoms with E-state index in [9.17, 15) is 39.6 Å². The summed E-state index contributed by atoms with van der Waals surface area (Å²) in [5.41, 5.74) is -3.54. The van der Waals surface area contributed by atoms with Gasteiger partial charge in [0.15, 0.2) is 24.8 Å². The molecule has 0 aromatic carbocycles. The third kappa shape index (κ3) is 13.1. The molecule has 6 aliphatic carbocycles. The number of nitrogens with one attached hydrogen (secondary N) is 2. The highest BCUT2D eigenvalue weighted by molar-refractivity contribution is 5.78. The summed E-state index contributed by atoms with van der Waals surface area (Å²) in [5, 5.41) is 54.1. The van der Waals surface area contributed by atoms with Crippen molar-refractivity contribution in [1.29, 1.82) is 0 Å². The van der Waals surface area contributed by atoms with E-state index in [1.807, 2.05) is 55.4 Å². The summed E-state index contributed by atoms with van der Waals surface area (Å²) in [4.78, 5) is 53.4. The average Bonchev–Trinajstić information content (AvgIpc) is 0.668. The second-order valence-corrected chi connectivity index (χ2v) is 37.3. The quantitative estimate of drug-likeness (QED) is 0.0505. The first-order chi connectivity index (χ1) is 45.3. The Hall–Kier alpha value is -3.96. The van der Waals surface area contributed by atoms with Crippen molar-refractivity contribution < 1.29 is 87.0 Å². The van der Waals surface area contributed by atoms with E-state index in [2.05, 4.69) is 107 Å². The second kappa shape index (κ2) is 26.9. The topological polar surface area (TPSA) is 266 Å². The number of amides is 2. The predicted molar refractivity (Wildman–Crippen MR) is 375 cm³/mol. The molecule has 4 saturated heterocycles. The molecule has 4 aliphatic heterocycles. The Morgan fingerprint density at radius 2 is 0.939 bits per heavy atom. The molecule has 20 heteroatoms. The summed E-state index contributed by atoms with van der Waals surface area (Å²) < 4.78 is 62.8. The number of hydrogen-bond donors (Lipinski definition) is 6. The molecule has 4 saturated carbocycles. The van der Waals surface area contributed by atoms with Gasteiger partial charge in [-0.05, 0) is 153 Å². The highest BCUT2D eigenvalue weighted by Gasteiger charge is 2.78. The van der Waals surface area contributed by atoms with Gasteiger partial charge in [-0.3, -0.25) is 0 Å². The first-order valence-electron chi connectivity index (χ1n) is 37.0. The minimum Gasteiger partial charge on any atom is -0.456 e. The zero-order chi connectivity index (χ0) is 74.4. The third-order valence-corrected chi connectivity index (χ3v) is 26.9. The van der Waals surface area contributed by atoms with E-state index in [1.54, 1.807) is 53.7 Å². The highest BCUT2D eigenvalue weighted by atomic mass is 16.7. The van der Waals surface area contributed by atoms with Crippen LogP contribution in [0, 0.1) is 85.2 Å². The molecule has 0 aromatic rings. The first kappa shape index (κ1) is 79.2. The van der Waals surface area contributed by atoms with Crippen molar-refractivity contribution in [3.63, 3.8) is 0 Å². The number of ether oxygens (including phenoxy) is 10. The maximum absolute atomic E-state index is 14.1. The Kier molecular flexibility index (Phi) is 21.5. The molecule has 20 nitrogen and oxygen atoms in total. The molecule has 0 radical (unpaired) electrons. The number of aliphatic hydroxyl groups is 4. The van der Waals surface area contributed by atoms with Gasteiger partial charge >= 0.3 is 24.1 Å². The van der Waals surface area contributed by atoms with Gasteiger partial charge in [-0.2, -0.15) is 0 Å². The van der Waals surface area contributed by atoms with Crippen molar-refractivity contribution in [2.24, 2.45) is 85.2 Å². The van der Waals surface area contributed by atoms with Crippen molar-refractivity contribution in [2.75, 3.05) is 13.2 Å². The van der Waals surface area contributed by atoms with Gasteiger partial charge in [0.05, 0.1) is 73.1 Å². The van der Waals surface area contributed by atoms with E-state index in [1.165, 1.54) is 0 Å². The fourth-order valence-electron chi connectivity index (χ4n) is 23.2. The summed E-state index contributed by atoms with van der Waals surface area (Å²) in [6.45, 7) is 61.9. The predicted octanol–water partition coefficient (Wildman–Crippen LogP) is 12.4. The Balaban J connectivity index is 0.000000232. The van der Waals surface area contributed by atoms with Crippen LogP contribution in [0.25, 0.3) is 0 Å². The normalized spacial score (nSPS) is 42.2. The number of hydrogen-bond acceptors (Lipinski definition) is 18. The van der Waals surface area contributed by atoms with Crippen molar-refractivity contribution in [2.45, 2.75) is 327 Å². The molecule has 4 unspecified atom stereocenters. The smallest absolute Gasteiger partial charge is 0.407 e. The van der Waals surface area contributed by atoms with Crippen LogP contribution in [0.15, 0.2) is 47.6 Å². The van der Waals surface area contributed by atoms with Gasteiger partial charge in [0.1, 0.15) is 23.4 Å². The van der Waals surface area contributed by atoms with Gasteiger partial charge in [-0.25, -0.2) is 19.2 Å². The van der Waals surface area contributed by atoms with E-state index in [0.717, 1.165) is 35.1 Å². The molecule has 0 spiro atoms. The van der Waals surface area contributed by atoms with Crippen molar-refractivity contribution >= 4 is 24.1 Å². The van der Waals surface area contributed by atoms with Crippen LogP contribution in [-0.4, -0.2) is 166 Å². The van der Waals surface area contributed by atoms with Crippen LogP contribution in [0.3, 0.4) is 0 Å². The Bertz CT molecular complexity index is 3140. The van der Waals surface area contributed by atoms with Crippen LogP contribution in [0.2, 0.25) is 0 Å². The fraction of sp³-hybridized carbons (Fsp3) is 0.848. The number of alkyl carbamates (subject to hydrolysis) is 2. The summed E-state index contributed by atoms with van der Waals surface area (Å²) in [5.74, 6) is -2.27. The van der Waals surface area contributed by atoms with Gasteiger partial charge in [0.2, 0.25) is 0 Å². The minimum absolute atomic E-state index is 0.00316. The molecule has 4 heterocycles. The van der Waals surface area contributed by atoms with E-state index in [4.69, 9.17) is 47.4 Å². The standard InChI is InChI=1S/C41H67NO9.C38H61NO9/c1-16-29-49-28-18-27-39(14,20-47-27)32-24(6)41(38(12,13)46)19-26(22(4)30(37(41,10)11)23(5)33(50-29)40(28,32)15)48-34(44)31(43)25(17-21(2)3)42-35(45)51-36(7,8)9;1-14-27-46-26-16-25-36(12,18-44-25)30-22(6)38(43)17-24(20(4)28(35(38,10)11)21(5)31(47-27)37(26,30)13)45-32(41)29(40)23(15-19(2)3)39-33(42)48-34(7,8)9/h16,21,23-29,31-33,43,46H,1,17-20H2,2-15H3,(H,42,45);14,19,21-27,29-31,40,43H,1,15-18H2,2-13H3,(H,39,42)/t23-,24-,25-,26-,27+,28-,29?,31?,32+,33-,39+,40+,41+;21-,22-,23-,24-,25+,26-,27?,29?,30+,31-,36+,37+,38+/m00/s1. The van der Waals surface area contributed by atoms with Crippen molar-refractivity contribution in [3.05, 3.63) is 47.6 Å². The number of carbonyl (C=O) groups is 4. The Morgan fingerprint density at radius 1 is 0.576 bits per heavy atom. The molecule has 4 bridgehead atoms. The summed E-state index contributed by atoms with van der Waals surface area (Å²) in [7, 11) is 0. The SMILES string of the molecule is C=CC1O[C@H]2C[C@H]3OC[C@@]3(C)[C@H]3[C@H](C)[C@]4(C(C)(C)O)C[C@H](OC(=O)C(O)[C@H](CC(C)C)NC(=O)OC(C)(C)C)C(C)=C([C@H](C)[C@H](O1)[C@]23C)C4(C)C.C=CC1O[C@H]2C[C@H]3OC[C@@]3(C)[C@H]3[C@H](C)[C@]4(O)C[C@H](OC(=O)C(O)[C@H](CC(C)C)NC(=O)OC(C)(C)C)C(C)=C([C@H](C)[C@H](O1)[C@]23C)C4(C)C. The van der Waals surface area contributed by atoms with Gasteiger partial charge in [0, 0.05) is 63.6 Å². The lowest BCUT2D eigenvalue weighted by molar-refractivity contribution is -0.385. The third-order valence-electron chi connectivity index (χ3n) is 26.9. The lowest BCUT2D eigenvalue weighted by Crippen LogP contribution is -2.77. The van der Waals surface area contributed by atoms with E-state index in [-0.39, 0.29) is 101 Å². The zero-order valence-electron chi connectivity index (χ0n) is 64.9. The van der Waals surface area contributed by atoms with Crippen LogP contribution < -0.4 is 10.6 Å². The van der Waals surface area contributed by atoms with Crippen molar-refractivity contribution in [1.82, 2.24) is 10.6 Å². The van der Waals surface area contributed by atoms with Gasteiger partial charge < -0.3 is 78.4 Å². The molecular weight excluding hydrogens is 1260 g/mol. The van der Waals surface area contributed by atoms with E-state index >= 15 is 0 Å². The van der Waals surface area contributed by atoms with Crippen LogP contribution in [0.1, 0.15) is 219 Å². The largest absolute Gasteiger partial charge is 0.456 e. The molecule has 8 fully saturated rings. The van der Waals surface area contributed by atoms with Crippen LogP contribution in [0.5, 0.6) is 0 Å². The maximum atomic E-state index is 14.1. The molecule has 2 amide bonds. The molecule has 10 aliphatic rings. The molecule has 0 aromatic heterocycles.